The SMILES string of the molecule is CCc1ccc(C(Cc2nccs2)NC)s1. The van der Waals surface area contributed by atoms with Crippen molar-refractivity contribution < 1.29 is 0 Å². The Labute approximate surface area is 104 Å². The molecule has 0 radical (unpaired) electrons. The van der Waals surface area contributed by atoms with Crippen molar-refractivity contribution in [3.05, 3.63) is 38.5 Å². The van der Waals surface area contributed by atoms with E-state index in [4.69, 9.17) is 0 Å². The first-order valence-electron chi connectivity index (χ1n) is 5.47. The van der Waals surface area contributed by atoms with E-state index < -0.39 is 0 Å². The first kappa shape index (κ1) is 11.8. The van der Waals surface area contributed by atoms with Gasteiger partial charge < -0.3 is 5.32 Å². The number of hydrogen-bond acceptors (Lipinski definition) is 4. The van der Waals surface area contributed by atoms with Gasteiger partial charge in [0.2, 0.25) is 0 Å². The van der Waals surface area contributed by atoms with Crippen molar-refractivity contribution in [1.82, 2.24) is 10.3 Å². The van der Waals surface area contributed by atoms with Gasteiger partial charge in [-0.3, -0.25) is 0 Å². The summed E-state index contributed by atoms with van der Waals surface area (Å²) in [6, 6.07) is 4.86. The summed E-state index contributed by atoms with van der Waals surface area (Å²) in [7, 11) is 2.02. The maximum Gasteiger partial charge on any atom is 0.0944 e. The van der Waals surface area contributed by atoms with Crippen molar-refractivity contribution in [2.75, 3.05) is 7.05 Å². The topological polar surface area (TPSA) is 24.9 Å². The van der Waals surface area contributed by atoms with Gasteiger partial charge in [0.05, 0.1) is 5.01 Å². The fourth-order valence-electron chi connectivity index (χ4n) is 1.65. The fraction of sp³-hybridized carbons (Fsp3) is 0.417. The van der Waals surface area contributed by atoms with Crippen LogP contribution in [0.4, 0.5) is 0 Å². The molecular weight excluding hydrogens is 236 g/mol. The van der Waals surface area contributed by atoms with Gasteiger partial charge in [0.25, 0.3) is 0 Å². The van der Waals surface area contributed by atoms with Gasteiger partial charge >= 0.3 is 0 Å². The van der Waals surface area contributed by atoms with E-state index >= 15 is 0 Å². The molecule has 0 amide bonds. The minimum atomic E-state index is 0.399. The van der Waals surface area contributed by atoms with Crippen LogP contribution >= 0.6 is 22.7 Å². The molecule has 1 unspecified atom stereocenters. The van der Waals surface area contributed by atoms with Gasteiger partial charge in [0.1, 0.15) is 0 Å². The molecule has 0 saturated carbocycles. The molecule has 2 aromatic rings. The van der Waals surface area contributed by atoms with Crippen molar-refractivity contribution in [2.24, 2.45) is 0 Å². The molecule has 0 aromatic carbocycles. The molecule has 0 aliphatic carbocycles. The molecule has 86 valence electrons. The van der Waals surface area contributed by atoms with Crippen molar-refractivity contribution in [3.63, 3.8) is 0 Å². The Hall–Kier alpha value is -0.710. The van der Waals surface area contributed by atoms with E-state index in [0.717, 1.165) is 12.8 Å². The molecule has 1 N–H and O–H groups in total. The Morgan fingerprint density at radius 2 is 2.31 bits per heavy atom. The third-order valence-electron chi connectivity index (χ3n) is 2.59. The Morgan fingerprint density at radius 3 is 2.88 bits per heavy atom. The monoisotopic (exact) mass is 252 g/mol. The molecule has 0 spiro atoms. The second-order valence-corrected chi connectivity index (χ2v) is 5.81. The average molecular weight is 252 g/mol. The van der Waals surface area contributed by atoms with Gasteiger partial charge in [0.15, 0.2) is 0 Å². The smallest absolute Gasteiger partial charge is 0.0944 e. The normalized spacial score (nSPS) is 12.9. The summed E-state index contributed by atoms with van der Waals surface area (Å²) in [5, 5.41) is 6.61. The highest BCUT2D eigenvalue weighted by molar-refractivity contribution is 7.12. The van der Waals surface area contributed by atoms with E-state index in [-0.39, 0.29) is 0 Å². The highest BCUT2D eigenvalue weighted by atomic mass is 32.1. The minimum Gasteiger partial charge on any atom is -0.312 e. The second kappa shape index (κ2) is 5.57. The molecular formula is C12H16N2S2. The zero-order valence-corrected chi connectivity index (χ0v) is 11.2. The number of aromatic nitrogens is 1. The lowest BCUT2D eigenvalue weighted by molar-refractivity contribution is 0.600. The molecule has 0 bridgehead atoms. The maximum atomic E-state index is 4.34. The average Bonchev–Trinajstić information content (AvgIpc) is 2.96. The molecule has 4 heteroatoms. The first-order chi connectivity index (χ1) is 7.83. The third kappa shape index (κ3) is 2.70. The lowest BCUT2D eigenvalue weighted by Gasteiger charge is -2.12. The van der Waals surface area contributed by atoms with Crippen molar-refractivity contribution in [3.8, 4) is 0 Å². The Kier molecular flexibility index (Phi) is 4.09. The van der Waals surface area contributed by atoms with Gasteiger partial charge in [-0.2, -0.15) is 0 Å². The highest BCUT2D eigenvalue weighted by Gasteiger charge is 2.13. The number of aryl methyl sites for hydroxylation is 1. The number of rotatable bonds is 5. The molecule has 0 saturated heterocycles. The highest BCUT2D eigenvalue weighted by Crippen LogP contribution is 2.26. The van der Waals surface area contributed by atoms with E-state index in [1.165, 1.54) is 14.8 Å². The van der Waals surface area contributed by atoms with Crippen LogP contribution in [0.1, 0.15) is 27.7 Å². The molecule has 0 aliphatic heterocycles. The molecule has 2 nitrogen and oxygen atoms in total. The van der Waals surface area contributed by atoms with Crippen molar-refractivity contribution in [1.29, 1.82) is 0 Å². The molecule has 0 aliphatic rings. The van der Waals surface area contributed by atoms with Crippen molar-refractivity contribution >= 4 is 22.7 Å². The predicted octanol–water partition coefficient (Wildman–Crippen LogP) is 3.27. The predicted molar refractivity (Wildman–Crippen MR) is 71.3 cm³/mol. The van der Waals surface area contributed by atoms with Gasteiger partial charge in [-0.25, -0.2) is 4.98 Å². The molecule has 2 heterocycles. The number of thiophene rings is 1. The van der Waals surface area contributed by atoms with Crippen LogP contribution in [0.25, 0.3) is 0 Å². The van der Waals surface area contributed by atoms with Crippen LogP contribution in [0.2, 0.25) is 0 Å². The molecule has 1 atom stereocenters. The molecule has 2 rings (SSSR count). The lowest BCUT2D eigenvalue weighted by Crippen LogP contribution is -2.17. The number of likely N-dealkylation sites (N-methyl/N-ethyl adjacent to an activating group) is 1. The van der Waals surface area contributed by atoms with Crippen LogP contribution in [0.5, 0.6) is 0 Å². The van der Waals surface area contributed by atoms with Crippen molar-refractivity contribution in [2.45, 2.75) is 25.8 Å². The number of thiazole rings is 1. The third-order valence-corrected chi connectivity index (χ3v) is 4.73. The molecule has 2 aromatic heterocycles. The first-order valence-corrected chi connectivity index (χ1v) is 7.17. The minimum absolute atomic E-state index is 0.399. The maximum absolute atomic E-state index is 4.34. The van der Waals surface area contributed by atoms with Crippen LogP contribution in [-0.2, 0) is 12.8 Å². The Bertz CT molecular complexity index is 420. The summed E-state index contributed by atoms with van der Waals surface area (Å²) in [5.74, 6) is 0. The van der Waals surface area contributed by atoms with Crippen LogP contribution in [0.3, 0.4) is 0 Å². The Balaban J connectivity index is 2.10. The quantitative estimate of drug-likeness (QED) is 0.883. The summed E-state index contributed by atoms with van der Waals surface area (Å²) in [4.78, 5) is 7.20. The van der Waals surface area contributed by atoms with Crippen LogP contribution in [-0.4, -0.2) is 12.0 Å². The fourth-order valence-corrected chi connectivity index (χ4v) is 3.37. The number of nitrogens with one attached hydrogen (secondary N) is 1. The second-order valence-electron chi connectivity index (χ2n) is 3.63. The summed E-state index contributed by atoms with van der Waals surface area (Å²) < 4.78 is 0. The number of hydrogen-bond donors (Lipinski definition) is 1. The zero-order valence-electron chi connectivity index (χ0n) is 9.56. The van der Waals surface area contributed by atoms with Gasteiger partial charge in [-0.05, 0) is 25.6 Å². The van der Waals surface area contributed by atoms with E-state index in [9.17, 15) is 0 Å². The summed E-state index contributed by atoms with van der Waals surface area (Å²) in [6.45, 7) is 2.20. The largest absolute Gasteiger partial charge is 0.312 e. The van der Waals surface area contributed by atoms with Crippen LogP contribution < -0.4 is 5.32 Å². The zero-order chi connectivity index (χ0) is 11.4. The van der Waals surface area contributed by atoms with E-state index in [1.807, 2.05) is 30.0 Å². The van der Waals surface area contributed by atoms with E-state index in [0.29, 0.717) is 6.04 Å². The molecule has 0 fully saturated rings. The van der Waals surface area contributed by atoms with Crippen LogP contribution in [0.15, 0.2) is 23.7 Å². The Morgan fingerprint density at radius 1 is 1.44 bits per heavy atom. The van der Waals surface area contributed by atoms with Gasteiger partial charge in [0, 0.05) is 33.8 Å². The van der Waals surface area contributed by atoms with Gasteiger partial charge in [-0.15, -0.1) is 22.7 Å². The van der Waals surface area contributed by atoms with Crippen LogP contribution in [0, 0.1) is 0 Å². The lowest BCUT2D eigenvalue weighted by atomic mass is 10.2. The molecule has 16 heavy (non-hydrogen) atoms. The van der Waals surface area contributed by atoms with E-state index in [1.54, 1.807) is 11.3 Å². The summed E-state index contributed by atoms with van der Waals surface area (Å²) in [6.07, 6.45) is 3.98. The summed E-state index contributed by atoms with van der Waals surface area (Å²) >= 11 is 3.63. The summed E-state index contributed by atoms with van der Waals surface area (Å²) in [5.41, 5.74) is 0. The van der Waals surface area contributed by atoms with Gasteiger partial charge in [-0.1, -0.05) is 6.92 Å². The standard InChI is InChI=1S/C12H16N2S2/c1-3-9-4-5-11(16-9)10(13-2)8-12-14-6-7-15-12/h4-7,10,13H,3,8H2,1-2H3. The van der Waals surface area contributed by atoms with E-state index in [2.05, 4.69) is 29.4 Å². The number of nitrogens with zero attached hydrogens (tertiary/aromatic N) is 1.